The molecule has 0 aliphatic carbocycles. The van der Waals surface area contributed by atoms with Crippen molar-refractivity contribution in [2.24, 2.45) is 0 Å². The zero-order valence-corrected chi connectivity index (χ0v) is 14.8. The third-order valence-electron chi connectivity index (χ3n) is 4.46. The highest BCUT2D eigenvalue weighted by Gasteiger charge is 2.26. The summed E-state index contributed by atoms with van der Waals surface area (Å²) in [4.78, 5) is 26.5. The van der Waals surface area contributed by atoms with Gasteiger partial charge in [-0.1, -0.05) is 30.3 Å². The van der Waals surface area contributed by atoms with Crippen molar-refractivity contribution in [3.05, 3.63) is 59.7 Å². The first-order chi connectivity index (χ1) is 13.0. The summed E-state index contributed by atoms with van der Waals surface area (Å²) in [6.45, 7) is -0.685. The van der Waals surface area contributed by atoms with E-state index in [2.05, 4.69) is 10.1 Å². The van der Waals surface area contributed by atoms with Crippen LogP contribution < -0.4 is 15.0 Å². The van der Waals surface area contributed by atoms with Crippen molar-refractivity contribution in [2.45, 2.75) is 32.4 Å². The molecule has 1 saturated heterocycles. The number of rotatable bonds is 6. The molecule has 0 spiro atoms. The lowest BCUT2D eigenvalue weighted by Gasteiger charge is -2.22. The minimum absolute atomic E-state index is 0.0148. The quantitative estimate of drug-likeness (QED) is 0.834. The van der Waals surface area contributed by atoms with Crippen LogP contribution in [0.4, 0.5) is 14.5 Å². The predicted molar refractivity (Wildman–Crippen MR) is 97.0 cm³/mol. The number of hydrogen-bond donors (Lipinski definition) is 1. The zero-order valence-electron chi connectivity index (χ0n) is 14.8. The Hall–Kier alpha value is -2.96. The maximum atomic E-state index is 12.8. The first-order valence-corrected chi connectivity index (χ1v) is 8.71. The van der Waals surface area contributed by atoms with Gasteiger partial charge in [-0.15, -0.1) is 0 Å². The summed E-state index contributed by atoms with van der Waals surface area (Å²) in [6.07, 6.45) is 1.22. The van der Waals surface area contributed by atoms with Gasteiger partial charge in [0.15, 0.2) is 0 Å². The third-order valence-corrected chi connectivity index (χ3v) is 4.46. The summed E-state index contributed by atoms with van der Waals surface area (Å²) in [5.41, 5.74) is 1.37. The molecule has 7 heteroatoms. The number of nitrogens with zero attached hydrogens (tertiary/aromatic N) is 1. The number of hydrogen-bond acceptors (Lipinski definition) is 3. The minimum Gasteiger partial charge on any atom is -0.434 e. The number of carbonyl (C=O) groups excluding carboxylic acids is 2. The molecule has 2 aromatic rings. The van der Waals surface area contributed by atoms with Crippen LogP contribution in [0.3, 0.4) is 0 Å². The SMILES string of the molecule is CC(NC(=O)c1ccccc1N1CCCC1=O)c1ccccc1OC(F)F. The smallest absolute Gasteiger partial charge is 0.387 e. The fraction of sp³-hybridized carbons (Fsp3) is 0.300. The van der Waals surface area contributed by atoms with Gasteiger partial charge in [0, 0.05) is 18.5 Å². The molecule has 0 aromatic heterocycles. The topological polar surface area (TPSA) is 58.6 Å². The molecule has 1 fully saturated rings. The van der Waals surface area contributed by atoms with Crippen molar-refractivity contribution in [2.75, 3.05) is 11.4 Å². The van der Waals surface area contributed by atoms with Gasteiger partial charge in [-0.05, 0) is 31.5 Å². The normalized spacial score (nSPS) is 15.1. The van der Waals surface area contributed by atoms with Gasteiger partial charge in [-0.2, -0.15) is 8.78 Å². The van der Waals surface area contributed by atoms with Crippen molar-refractivity contribution in [1.82, 2.24) is 5.32 Å². The van der Waals surface area contributed by atoms with E-state index in [9.17, 15) is 18.4 Å². The Morgan fingerprint density at radius 2 is 1.85 bits per heavy atom. The number of anilines is 1. The maximum absolute atomic E-state index is 12.8. The second-order valence-electron chi connectivity index (χ2n) is 6.28. The van der Waals surface area contributed by atoms with Crippen LogP contribution in [0.15, 0.2) is 48.5 Å². The van der Waals surface area contributed by atoms with Gasteiger partial charge in [0.05, 0.1) is 17.3 Å². The van der Waals surface area contributed by atoms with Crippen LogP contribution in [0.5, 0.6) is 5.75 Å². The summed E-state index contributed by atoms with van der Waals surface area (Å²) < 4.78 is 29.7. The van der Waals surface area contributed by atoms with Gasteiger partial charge >= 0.3 is 6.61 Å². The average Bonchev–Trinajstić information content (AvgIpc) is 3.07. The fourth-order valence-corrected chi connectivity index (χ4v) is 3.20. The van der Waals surface area contributed by atoms with E-state index in [4.69, 9.17) is 0 Å². The van der Waals surface area contributed by atoms with Crippen molar-refractivity contribution in [3.8, 4) is 5.75 Å². The van der Waals surface area contributed by atoms with E-state index < -0.39 is 12.7 Å². The summed E-state index contributed by atoms with van der Waals surface area (Å²) in [6, 6.07) is 12.6. The van der Waals surface area contributed by atoms with Gasteiger partial charge < -0.3 is 15.0 Å². The van der Waals surface area contributed by atoms with Crippen molar-refractivity contribution in [1.29, 1.82) is 0 Å². The number of amides is 2. The van der Waals surface area contributed by atoms with Crippen LogP contribution in [0.1, 0.15) is 41.7 Å². The fourth-order valence-electron chi connectivity index (χ4n) is 3.20. The van der Waals surface area contributed by atoms with Crippen molar-refractivity contribution >= 4 is 17.5 Å². The lowest BCUT2D eigenvalue weighted by atomic mass is 10.1. The Morgan fingerprint density at radius 3 is 2.56 bits per heavy atom. The molecule has 1 aliphatic rings. The highest BCUT2D eigenvalue weighted by molar-refractivity contribution is 6.05. The van der Waals surface area contributed by atoms with E-state index in [1.807, 2.05) is 0 Å². The standard InChI is InChI=1S/C20H20F2N2O3/c1-13(14-7-3-5-10-17(14)27-20(21)22)23-19(26)15-8-2-4-9-16(15)24-12-6-11-18(24)25/h2-5,7-10,13,20H,6,11-12H2,1H3,(H,23,26). The molecule has 2 amide bonds. The number of halogens is 2. The summed E-state index contributed by atoms with van der Waals surface area (Å²) in [7, 11) is 0. The second-order valence-corrected chi connectivity index (χ2v) is 6.28. The Labute approximate surface area is 155 Å². The van der Waals surface area contributed by atoms with E-state index in [0.29, 0.717) is 29.8 Å². The van der Waals surface area contributed by atoms with E-state index >= 15 is 0 Å². The Morgan fingerprint density at radius 1 is 1.15 bits per heavy atom. The van der Waals surface area contributed by atoms with E-state index in [1.54, 1.807) is 54.3 Å². The van der Waals surface area contributed by atoms with Crippen LogP contribution in [0.2, 0.25) is 0 Å². The van der Waals surface area contributed by atoms with Crippen LogP contribution in [-0.4, -0.2) is 25.0 Å². The van der Waals surface area contributed by atoms with Gasteiger partial charge in [-0.25, -0.2) is 0 Å². The molecule has 3 rings (SSSR count). The lowest BCUT2D eigenvalue weighted by molar-refractivity contribution is -0.117. The van der Waals surface area contributed by atoms with Gasteiger partial charge in [0.2, 0.25) is 5.91 Å². The molecule has 1 heterocycles. The molecular formula is C20H20F2N2O3. The zero-order chi connectivity index (χ0) is 19.4. The average molecular weight is 374 g/mol. The predicted octanol–water partition coefficient (Wildman–Crippen LogP) is 3.91. The van der Waals surface area contributed by atoms with Crippen molar-refractivity contribution in [3.63, 3.8) is 0 Å². The molecule has 5 nitrogen and oxygen atoms in total. The van der Waals surface area contributed by atoms with Gasteiger partial charge in [-0.3, -0.25) is 9.59 Å². The maximum Gasteiger partial charge on any atom is 0.387 e. The number of ether oxygens (including phenoxy) is 1. The van der Waals surface area contributed by atoms with E-state index in [-0.39, 0.29) is 17.6 Å². The molecule has 0 saturated carbocycles. The van der Waals surface area contributed by atoms with Crippen LogP contribution in [0, 0.1) is 0 Å². The van der Waals surface area contributed by atoms with Crippen molar-refractivity contribution < 1.29 is 23.1 Å². The molecule has 2 aromatic carbocycles. The highest BCUT2D eigenvalue weighted by atomic mass is 19.3. The summed E-state index contributed by atoms with van der Waals surface area (Å²) in [5.74, 6) is -0.382. The molecular weight excluding hydrogens is 354 g/mol. The largest absolute Gasteiger partial charge is 0.434 e. The number of carbonyl (C=O) groups is 2. The number of benzene rings is 2. The first kappa shape index (κ1) is 18.8. The summed E-state index contributed by atoms with van der Waals surface area (Å²) >= 11 is 0. The number of nitrogens with one attached hydrogen (secondary N) is 1. The minimum atomic E-state index is -2.95. The second kappa shape index (κ2) is 8.16. The van der Waals surface area contributed by atoms with Crippen LogP contribution in [-0.2, 0) is 4.79 Å². The first-order valence-electron chi connectivity index (χ1n) is 8.71. The summed E-state index contributed by atoms with van der Waals surface area (Å²) in [5, 5.41) is 2.80. The van der Waals surface area contributed by atoms with Gasteiger partial charge in [0.1, 0.15) is 5.75 Å². The molecule has 1 atom stereocenters. The lowest BCUT2D eigenvalue weighted by Crippen LogP contribution is -2.31. The Kier molecular flexibility index (Phi) is 5.69. The molecule has 1 N–H and O–H groups in total. The molecule has 1 aliphatic heterocycles. The molecule has 0 bridgehead atoms. The van der Waals surface area contributed by atoms with E-state index in [1.165, 1.54) is 6.07 Å². The molecule has 0 radical (unpaired) electrons. The third kappa shape index (κ3) is 4.24. The molecule has 1 unspecified atom stereocenters. The van der Waals surface area contributed by atoms with Crippen LogP contribution >= 0.6 is 0 Å². The molecule has 142 valence electrons. The van der Waals surface area contributed by atoms with Gasteiger partial charge in [0.25, 0.3) is 5.91 Å². The Bertz CT molecular complexity index is 841. The van der Waals surface area contributed by atoms with Crippen LogP contribution in [0.25, 0.3) is 0 Å². The Balaban J connectivity index is 1.81. The van der Waals surface area contributed by atoms with E-state index in [0.717, 1.165) is 6.42 Å². The molecule has 27 heavy (non-hydrogen) atoms. The number of alkyl halides is 2. The monoisotopic (exact) mass is 374 g/mol. The number of para-hydroxylation sites is 2. The highest BCUT2D eigenvalue weighted by Crippen LogP contribution is 2.28.